The fourth-order valence-electron chi connectivity index (χ4n) is 2.41. The van der Waals surface area contributed by atoms with Gasteiger partial charge in [-0.25, -0.2) is 10.0 Å². The molecular formula is C12H26N2. The van der Waals surface area contributed by atoms with Crippen molar-refractivity contribution in [3.05, 3.63) is 0 Å². The van der Waals surface area contributed by atoms with Crippen molar-refractivity contribution < 1.29 is 0 Å². The summed E-state index contributed by atoms with van der Waals surface area (Å²) in [5.74, 6) is 0. The molecule has 0 N–H and O–H groups in total. The Hall–Kier alpha value is -0.0800. The van der Waals surface area contributed by atoms with Gasteiger partial charge in [-0.15, -0.1) is 0 Å². The van der Waals surface area contributed by atoms with Gasteiger partial charge in [0.15, 0.2) is 0 Å². The van der Waals surface area contributed by atoms with Gasteiger partial charge in [-0.05, 0) is 26.7 Å². The molecule has 0 radical (unpaired) electrons. The highest BCUT2D eigenvalue weighted by Gasteiger charge is 2.30. The maximum Gasteiger partial charge on any atom is 0.0232 e. The van der Waals surface area contributed by atoms with E-state index in [1.165, 1.54) is 38.6 Å². The van der Waals surface area contributed by atoms with Crippen LogP contribution in [0.5, 0.6) is 0 Å². The molecule has 1 fully saturated rings. The van der Waals surface area contributed by atoms with Gasteiger partial charge in [0.2, 0.25) is 0 Å². The molecule has 84 valence electrons. The molecular weight excluding hydrogens is 172 g/mol. The van der Waals surface area contributed by atoms with Crippen LogP contribution in [-0.2, 0) is 0 Å². The second-order valence-corrected chi connectivity index (χ2v) is 4.73. The lowest BCUT2D eigenvalue weighted by Crippen LogP contribution is -2.40. The molecule has 14 heavy (non-hydrogen) atoms. The van der Waals surface area contributed by atoms with Crippen LogP contribution in [0.4, 0.5) is 0 Å². The number of hydrogen-bond donors (Lipinski definition) is 0. The van der Waals surface area contributed by atoms with Gasteiger partial charge < -0.3 is 0 Å². The van der Waals surface area contributed by atoms with E-state index in [0.29, 0.717) is 0 Å². The number of rotatable bonds is 5. The van der Waals surface area contributed by atoms with Crippen molar-refractivity contribution in [3.63, 3.8) is 0 Å². The molecule has 0 spiro atoms. The Morgan fingerprint density at radius 3 is 2.29 bits per heavy atom. The van der Waals surface area contributed by atoms with Crippen LogP contribution in [0.25, 0.3) is 0 Å². The predicted octanol–water partition coefficient (Wildman–Crippen LogP) is 2.90. The van der Waals surface area contributed by atoms with Crippen molar-refractivity contribution >= 4 is 0 Å². The summed E-state index contributed by atoms with van der Waals surface area (Å²) >= 11 is 0. The van der Waals surface area contributed by atoms with E-state index in [-0.39, 0.29) is 0 Å². The molecule has 1 saturated heterocycles. The normalized spacial score (nSPS) is 30.0. The summed E-state index contributed by atoms with van der Waals surface area (Å²) in [4.78, 5) is 0. The molecule has 0 saturated carbocycles. The summed E-state index contributed by atoms with van der Waals surface area (Å²) < 4.78 is 0. The largest absolute Gasteiger partial charge is 0.242 e. The lowest BCUT2D eigenvalue weighted by Gasteiger charge is -2.29. The van der Waals surface area contributed by atoms with Gasteiger partial charge in [0, 0.05) is 25.7 Å². The van der Waals surface area contributed by atoms with E-state index in [9.17, 15) is 0 Å². The van der Waals surface area contributed by atoms with Crippen LogP contribution < -0.4 is 0 Å². The smallest absolute Gasteiger partial charge is 0.0232 e. The molecule has 2 nitrogen and oxygen atoms in total. The second kappa shape index (κ2) is 5.72. The van der Waals surface area contributed by atoms with Crippen LogP contribution in [0.1, 0.15) is 52.9 Å². The molecule has 2 heteroatoms. The molecule has 0 aromatic rings. The fourth-order valence-corrected chi connectivity index (χ4v) is 2.41. The molecule has 2 atom stereocenters. The Labute approximate surface area is 89.2 Å². The summed E-state index contributed by atoms with van der Waals surface area (Å²) in [7, 11) is 2.23. The molecule has 1 aliphatic rings. The Bertz CT molecular complexity index is 158. The van der Waals surface area contributed by atoms with Crippen molar-refractivity contribution in [1.82, 2.24) is 10.0 Å². The minimum absolute atomic E-state index is 0.733. The molecule has 0 bridgehead atoms. The highest BCUT2D eigenvalue weighted by Crippen LogP contribution is 2.22. The van der Waals surface area contributed by atoms with Crippen LogP contribution in [-0.4, -0.2) is 35.7 Å². The zero-order valence-electron chi connectivity index (χ0n) is 10.3. The van der Waals surface area contributed by atoms with Gasteiger partial charge in [-0.3, -0.25) is 0 Å². The molecule has 0 aromatic carbocycles. The molecule has 2 unspecified atom stereocenters. The van der Waals surface area contributed by atoms with E-state index >= 15 is 0 Å². The van der Waals surface area contributed by atoms with Gasteiger partial charge in [-0.2, -0.15) is 0 Å². The Morgan fingerprint density at radius 1 is 1.07 bits per heavy atom. The van der Waals surface area contributed by atoms with Crippen LogP contribution in [0, 0.1) is 0 Å². The van der Waals surface area contributed by atoms with Crippen molar-refractivity contribution in [2.24, 2.45) is 0 Å². The van der Waals surface area contributed by atoms with Crippen molar-refractivity contribution in [2.75, 3.05) is 13.6 Å². The summed E-state index contributed by atoms with van der Waals surface area (Å²) in [6.45, 7) is 8.19. The third kappa shape index (κ3) is 2.96. The molecule has 0 aromatic heterocycles. The zero-order chi connectivity index (χ0) is 10.6. The number of unbranched alkanes of at least 4 members (excludes halogenated alkanes) is 3. The van der Waals surface area contributed by atoms with Crippen molar-refractivity contribution in [2.45, 2.75) is 65.0 Å². The van der Waals surface area contributed by atoms with Gasteiger partial charge in [-0.1, -0.05) is 26.2 Å². The van der Waals surface area contributed by atoms with Gasteiger partial charge in [0.05, 0.1) is 0 Å². The van der Waals surface area contributed by atoms with E-state index in [4.69, 9.17) is 0 Å². The predicted molar refractivity (Wildman–Crippen MR) is 62.2 cm³/mol. The molecule has 0 amide bonds. The Kier molecular flexibility index (Phi) is 4.90. The third-order valence-electron chi connectivity index (χ3n) is 3.47. The van der Waals surface area contributed by atoms with E-state index in [1.807, 2.05) is 0 Å². The van der Waals surface area contributed by atoms with Gasteiger partial charge in [0.25, 0.3) is 0 Å². The van der Waals surface area contributed by atoms with Crippen LogP contribution >= 0.6 is 0 Å². The molecule has 1 aliphatic heterocycles. The van der Waals surface area contributed by atoms with Crippen LogP contribution in [0.2, 0.25) is 0 Å². The van der Waals surface area contributed by atoms with Crippen molar-refractivity contribution in [3.8, 4) is 0 Å². The van der Waals surface area contributed by atoms with Crippen LogP contribution in [0.3, 0.4) is 0 Å². The quantitative estimate of drug-likeness (QED) is 0.627. The molecule has 1 heterocycles. The monoisotopic (exact) mass is 198 g/mol. The first-order valence-corrected chi connectivity index (χ1v) is 6.16. The first-order chi connectivity index (χ1) is 6.66. The van der Waals surface area contributed by atoms with Crippen LogP contribution in [0.15, 0.2) is 0 Å². The third-order valence-corrected chi connectivity index (χ3v) is 3.47. The minimum atomic E-state index is 0.733. The highest BCUT2D eigenvalue weighted by atomic mass is 15.7. The lowest BCUT2D eigenvalue weighted by atomic mass is 10.1. The van der Waals surface area contributed by atoms with E-state index in [1.54, 1.807) is 0 Å². The maximum atomic E-state index is 2.54. The number of hydrazine groups is 1. The second-order valence-electron chi connectivity index (χ2n) is 4.73. The van der Waals surface area contributed by atoms with Crippen molar-refractivity contribution in [1.29, 1.82) is 0 Å². The number of nitrogens with zero attached hydrogens (tertiary/aromatic N) is 2. The molecule has 1 rings (SSSR count). The fraction of sp³-hybridized carbons (Fsp3) is 1.00. The summed E-state index contributed by atoms with van der Waals surface area (Å²) in [6.07, 6.45) is 6.80. The maximum absolute atomic E-state index is 2.54. The summed E-state index contributed by atoms with van der Waals surface area (Å²) in [6, 6.07) is 1.48. The Morgan fingerprint density at radius 2 is 1.79 bits per heavy atom. The first-order valence-electron chi connectivity index (χ1n) is 6.16. The SMILES string of the molecule is CCCCCCN1C(C)CC(C)N1C. The standard InChI is InChI=1S/C12H26N2/c1-5-6-7-8-9-14-12(3)10-11(2)13(14)4/h11-12H,5-10H2,1-4H3. The average Bonchev–Trinajstić information content (AvgIpc) is 2.38. The van der Waals surface area contributed by atoms with Gasteiger partial charge >= 0.3 is 0 Å². The van der Waals surface area contributed by atoms with E-state index in [0.717, 1.165) is 12.1 Å². The summed E-state index contributed by atoms with van der Waals surface area (Å²) in [5.41, 5.74) is 0. The minimum Gasteiger partial charge on any atom is -0.242 e. The van der Waals surface area contributed by atoms with E-state index < -0.39 is 0 Å². The van der Waals surface area contributed by atoms with Gasteiger partial charge in [0.1, 0.15) is 0 Å². The zero-order valence-corrected chi connectivity index (χ0v) is 10.3. The topological polar surface area (TPSA) is 6.48 Å². The highest BCUT2D eigenvalue weighted by molar-refractivity contribution is 4.79. The molecule has 0 aliphatic carbocycles. The Balaban J connectivity index is 2.22. The summed E-state index contributed by atoms with van der Waals surface area (Å²) in [5, 5.41) is 4.97. The first kappa shape index (κ1) is 12.0. The average molecular weight is 198 g/mol. The number of hydrogen-bond acceptors (Lipinski definition) is 2. The lowest BCUT2D eigenvalue weighted by molar-refractivity contribution is 0.00517. The van der Waals surface area contributed by atoms with E-state index in [2.05, 4.69) is 37.8 Å².